The summed E-state index contributed by atoms with van der Waals surface area (Å²) in [4.78, 5) is 12.5. The molecular weight excluding hydrogens is 330 g/mol. The lowest BCUT2D eigenvalue weighted by atomic mass is 10.1. The minimum atomic E-state index is -0.312. The van der Waals surface area contributed by atoms with Crippen LogP contribution in [0.25, 0.3) is 0 Å². The number of amides is 1. The van der Waals surface area contributed by atoms with Crippen molar-refractivity contribution in [3.05, 3.63) is 64.8 Å². The minimum Gasteiger partial charge on any atom is -0.497 e. The third kappa shape index (κ3) is 4.00. The summed E-state index contributed by atoms with van der Waals surface area (Å²) in [6.45, 7) is 4.45. The SMILES string of the molecule is COc1cccc(CNC(=O)c2n[nH]nc2Nc2ccc(C)c(C)c2)c1. The molecule has 7 nitrogen and oxygen atoms in total. The zero-order chi connectivity index (χ0) is 18.5. The molecular formula is C19H21N5O2. The average Bonchev–Trinajstić information content (AvgIpc) is 3.11. The van der Waals surface area contributed by atoms with Crippen molar-refractivity contribution in [2.75, 3.05) is 12.4 Å². The standard InChI is InChI=1S/C19H21N5O2/c1-12-7-8-15(9-13(12)2)21-18-17(22-24-23-18)19(25)20-11-14-5-4-6-16(10-14)26-3/h4-10H,11H2,1-3H3,(H,20,25)(H2,21,22,23,24). The molecule has 0 radical (unpaired) electrons. The van der Waals surface area contributed by atoms with Gasteiger partial charge in [-0.2, -0.15) is 5.21 Å². The van der Waals surface area contributed by atoms with Crippen LogP contribution >= 0.6 is 0 Å². The van der Waals surface area contributed by atoms with E-state index >= 15 is 0 Å². The van der Waals surface area contributed by atoms with Crippen LogP contribution in [0.4, 0.5) is 11.5 Å². The van der Waals surface area contributed by atoms with E-state index in [2.05, 4.69) is 26.0 Å². The van der Waals surface area contributed by atoms with E-state index in [1.807, 2.05) is 56.3 Å². The molecule has 0 saturated carbocycles. The number of anilines is 2. The molecule has 3 rings (SSSR count). The molecule has 0 unspecified atom stereocenters. The van der Waals surface area contributed by atoms with Gasteiger partial charge in [0.1, 0.15) is 5.75 Å². The van der Waals surface area contributed by atoms with Gasteiger partial charge in [0.25, 0.3) is 5.91 Å². The van der Waals surface area contributed by atoms with E-state index in [1.54, 1.807) is 7.11 Å². The first kappa shape index (κ1) is 17.5. The van der Waals surface area contributed by atoms with Gasteiger partial charge in [-0.15, -0.1) is 10.2 Å². The first-order valence-corrected chi connectivity index (χ1v) is 8.23. The van der Waals surface area contributed by atoms with Crippen molar-refractivity contribution in [3.8, 4) is 5.75 Å². The van der Waals surface area contributed by atoms with Gasteiger partial charge in [0.05, 0.1) is 7.11 Å². The van der Waals surface area contributed by atoms with E-state index in [0.29, 0.717) is 12.4 Å². The van der Waals surface area contributed by atoms with Crippen LogP contribution in [-0.2, 0) is 6.54 Å². The molecule has 0 bridgehead atoms. The number of ether oxygens (including phenoxy) is 1. The lowest BCUT2D eigenvalue weighted by molar-refractivity contribution is 0.0946. The summed E-state index contributed by atoms with van der Waals surface area (Å²) in [5, 5.41) is 16.5. The minimum absolute atomic E-state index is 0.214. The maximum atomic E-state index is 12.5. The van der Waals surface area contributed by atoms with Crippen molar-refractivity contribution < 1.29 is 9.53 Å². The van der Waals surface area contributed by atoms with Crippen molar-refractivity contribution >= 4 is 17.4 Å². The molecule has 0 saturated heterocycles. The van der Waals surface area contributed by atoms with Gasteiger partial charge < -0.3 is 15.4 Å². The molecule has 1 amide bonds. The first-order chi connectivity index (χ1) is 12.6. The van der Waals surface area contributed by atoms with Crippen molar-refractivity contribution in [2.24, 2.45) is 0 Å². The van der Waals surface area contributed by atoms with Crippen LogP contribution in [0.1, 0.15) is 27.2 Å². The maximum absolute atomic E-state index is 12.5. The highest BCUT2D eigenvalue weighted by Gasteiger charge is 2.16. The van der Waals surface area contributed by atoms with E-state index in [4.69, 9.17) is 4.74 Å². The van der Waals surface area contributed by atoms with Crippen LogP contribution in [0.2, 0.25) is 0 Å². The molecule has 0 aliphatic heterocycles. The van der Waals surface area contributed by atoms with Crippen LogP contribution in [0, 0.1) is 13.8 Å². The Morgan fingerprint density at radius 1 is 1.12 bits per heavy atom. The summed E-state index contributed by atoms with van der Waals surface area (Å²) in [5.41, 5.74) is 4.36. The molecule has 3 aromatic rings. The smallest absolute Gasteiger partial charge is 0.275 e. The molecule has 7 heteroatoms. The lowest BCUT2D eigenvalue weighted by Crippen LogP contribution is -2.24. The number of nitrogens with one attached hydrogen (secondary N) is 3. The third-order valence-corrected chi connectivity index (χ3v) is 4.12. The summed E-state index contributed by atoms with van der Waals surface area (Å²) < 4.78 is 5.19. The highest BCUT2D eigenvalue weighted by Crippen LogP contribution is 2.20. The normalized spacial score (nSPS) is 10.4. The van der Waals surface area contributed by atoms with E-state index < -0.39 is 0 Å². The number of H-pyrrole nitrogens is 1. The topological polar surface area (TPSA) is 91.9 Å². The summed E-state index contributed by atoms with van der Waals surface area (Å²) in [5.74, 6) is 0.819. The van der Waals surface area contributed by atoms with Crippen molar-refractivity contribution in [1.82, 2.24) is 20.7 Å². The molecule has 1 aromatic heterocycles. The van der Waals surface area contributed by atoms with E-state index in [1.165, 1.54) is 5.56 Å². The Labute approximate surface area is 151 Å². The second kappa shape index (κ2) is 7.69. The van der Waals surface area contributed by atoms with Crippen molar-refractivity contribution in [2.45, 2.75) is 20.4 Å². The van der Waals surface area contributed by atoms with Gasteiger partial charge >= 0.3 is 0 Å². The highest BCUT2D eigenvalue weighted by atomic mass is 16.5. The highest BCUT2D eigenvalue weighted by molar-refractivity contribution is 5.97. The Hall–Kier alpha value is -3.35. The second-order valence-corrected chi connectivity index (χ2v) is 5.98. The summed E-state index contributed by atoms with van der Waals surface area (Å²) >= 11 is 0. The zero-order valence-corrected chi connectivity index (χ0v) is 15.0. The number of aryl methyl sites for hydroxylation is 2. The fourth-order valence-electron chi connectivity index (χ4n) is 2.48. The number of nitrogens with zero attached hydrogens (tertiary/aromatic N) is 2. The van der Waals surface area contributed by atoms with Gasteiger partial charge in [-0.3, -0.25) is 4.79 Å². The largest absolute Gasteiger partial charge is 0.497 e. The van der Waals surface area contributed by atoms with Crippen molar-refractivity contribution in [1.29, 1.82) is 0 Å². The predicted molar refractivity (Wildman–Crippen MR) is 99.7 cm³/mol. The number of aromatic amines is 1. The Morgan fingerprint density at radius 2 is 1.96 bits per heavy atom. The molecule has 3 N–H and O–H groups in total. The monoisotopic (exact) mass is 351 g/mol. The van der Waals surface area contributed by atoms with Crippen molar-refractivity contribution in [3.63, 3.8) is 0 Å². The van der Waals surface area contributed by atoms with Gasteiger partial charge in [-0.05, 0) is 54.8 Å². The molecule has 2 aromatic carbocycles. The first-order valence-electron chi connectivity index (χ1n) is 8.23. The van der Waals surface area contributed by atoms with Gasteiger partial charge in [0.2, 0.25) is 0 Å². The molecule has 0 spiro atoms. The number of aromatic nitrogens is 3. The van der Waals surface area contributed by atoms with Gasteiger partial charge in [-0.1, -0.05) is 18.2 Å². The molecule has 0 aliphatic rings. The lowest BCUT2D eigenvalue weighted by Gasteiger charge is -2.08. The number of rotatable bonds is 6. The molecule has 0 atom stereocenters. The Morgan fingerprint density at radius 3 is 2.73 bits per heavy atom. The Bertz CT molecular complexity index is 920. The van der Waals surface area contributed by atoms with E-state index in [-0.39, 0.29) is 11.6 Å². The number of hydrogen-bond acceptors (Lipinski definition) is 5. The quantitative estimate of drug-likeness (QED) is 0.635. The van der Waals surface area contributed by atoms with Crippen LogP contribution < -0.4 is 15.4 Å². The second-order valence-electron chi connectivity index (χ2n) is 5.98. The zero-order valence-electron chi connectivity index (χ0n) is 15.0. The number of methoxy groups -OCH3 is 1. The van der Waals surface area contributed by atoms with Crippen LogP contribution in [-0.4, -0.2) is 28.4 Å². The van der Waals surface area contributed by atoms with E-state index in [9.17, 15) is 4.79 Å². The summed E-state index contributed by atoms with van der Waals surface area (Å²) in [7, 11) is 1.61. The van der Waals surface area contributed by atoms with Crippen LogP contribution in [0.3, 0.4) is 0 Å². The van der Waals surface area contributed by atoms with Gasteiger partial charge in [0.15, 0.2) is 11.5 Å². The van der Waals surface area contributed by atoms with Crippen LogP contribution in [0.5, 0.6) is 5.75 Å². The Balaban J connectivity index is 1.68. The number of hydrogen-bond donors (Lipinski definition) is 3. The third-order valence-electron chi connectivity index (χ3n) is 4.12. The average molecular weight is 351 g/mol. The molecule has 0 aliphatic carbocycles. The number of carbonyl (C=O) groups is 1. The van der Waals surface area contributed by atoms with Gasteiger partial charge in [-0.25, -0.2) is 0 Å². The fourth-order valence-corrected chi connectivity index (χ4v) is 2.48. The molecule has 134 valence electrons. The molecule has 26 heavy (non-hydrogen) atoms. The van der Waals surface area contributed by atoms with E-state index in [0.717, 1.165) is 22.6 Å². The maximum Gasteiger partial charge on any atom is 0.275 e. The summed E-state index contributed by atoms with van der Waals surface area (Å²) in [6, 6.07) is 13.5. The Kier molecular flexibility index (Phi) is 5.17. The predicted octanol–water partition coefficient (Wildman–Crippen LogP) is 3.10. The number of carbonyl (C=O) groups excluding carboxylic acids is 1. The fraction of sp³-hybridized carbons (Fsp3) is 0.211. The van der Waals surface area contributed by atoms with Gasteiger partial charge in [0, 0.05) is 12.2 Å². The van der Waals surface area contributed by atoms with Crippen LogP contribution in [0.15, 0.2) is 42.5 Å². The number of benzene rings is 2. The molecule has 0 fully saturated rings. The summed E-state index contributed by atoms with van der Waals surface area (Å²) in [6.07, 6.45) is 0. The molecule has 1 heterocycles.